The zero-order chi connectivity index (χ0) is 20.1. The molecule has 0 saturated carbocycles. The second kappa shape index (κ2) is 8.93. The van der Waals surface area contributed by atoms with Crippen molar-refractivity contribution < 1.29 is 23.4 Å². The normalized spacial score (nSPS) is 18.0. The highest BCUT2D eigenvalue weighted by Crippen LogP contribution is 2.29. The molecule has 2 aromatic rings. The summed E-state index contributed by atoms with van der Waals surface area (Å²) in [5.74, 6) is -2.20. The summed E-state index contributed by atoms with van der Waals surface area (Å²) in [5, 5.41) is 15.3. The number of piperidine rings is 1. The summed E-state index contributed by atoms with van der Waals surface area (Å²) in [5.41, 5.74) is -1.66. The Morgan fingerprint density at radius 1 is 1.32 bits per heavy atom. The largest absolute Gasteiger partial charge is 0.461 e. The molecule has 1 aliphatic rings. The molecule has 0 aliphatic carbocycles. The molecular weight excluding hydrogens is 394 g/mol. The molecule has 3 rings (SSSR count). The molecule has 2 heterocycles. The molecule has 1 unspecified atom stereocenters. The van der Waals surface area contributed by atoms with Crippen LogP contribution in [0.4, 0.5) is 8.78 Å². The molecule has 1 saturated heterocycles. The van der Waals surface area contributed by atoms with Crippen LogP contribution in [0, 0.1) is 11.6 Å². The lowest BCUT2D eigenvalue weighted by atomic mass is 9.91. The van der Waals surface area contributed by atoms with Crippen LogP contribution in [0.25, 0.3) is 0 Å². The molecule has 1 atom stereocenters. The number of ether oxygens (including phenoxy) is 1. The Labute approximate surface area is 165 Å². The van der Waals surface area contributed by atoms with Gasteiger partial charge in [0, 0.05) is 31.3 Å². The number of alkyl halides is 1. The van der Waals surface area contributed by atoms with Crippen LogP contribution < -0.4 is 0 Å². The third-order valence-electron chi connectivity index (χ3n) is 4.75. The molecule has 0 spiro atoms. The number of halogens is 3. The Morgan fingerprint density at radius 3 is 2.68 bits per heavy atom. The highest BCUT2D eigenvalue weighted by molar-refractivity contribution is 6.26. The van der Waals surface area contributed by atoms with Gasteiger partial charge in [-0.2, -0.15) is 5.10 Å². The van der Waals surface area contributed by atoms with Gasteiger partial charge in [0.1, 0.15) is 41.9 Å². The van der Waals surface area contributed by atoms with E-state index in [4.69, 9.17) is 16.3 Å². The Balaban J connectivity index is 1.74. The van der Waals surface area contributed by atoms with Crippen molar-refractivity contribution in [2.24, 2.45) is 0 Å². The zero-order valence-corrected chi connectivity index (χ0v) is 15.9. The summed E-state index contributed by atoms with van der Waals surface area (Å²) < 4.78 is 34.4. The SMILES string of the molecule is O=C(CCl)OC1CCN(CC(O)(Cn2cncn2)c2ccc(F)cc2F)CC1. The van der Waals surface area contributed by atoms with Gasteiger partial charge in [-0.3, -0.25) is 9.69 Å². The smallest absolute Gasteiger partial charge is 0.321 e. The fourth-order valence-corrected chi connectivity index (χ4v) is 3.51. The van der Waals surface area contributed by atoms with E-state index in [0.717, 1.165) is 12.1 Å². The number of benzene rings is 1. The quantitative estimate of drug-likeness (QED) is 0.548. The van der Waals surface area contributed by atoms with Crippen molar-refractivity contribution in [3.05, 3.63) is 48.1 Å². The Bertz CT molecular complexity index is 800. The average Bonchev–Trinajstić information content (AvgIpc) is 3.15. The van der Waals surface area contributed by atoms with E-state index in [-0.39, 0.29) is 30.6 Å². The third-order valence-corrected chi connectivity index (χ3v) is 4.97. The Morgan fingerprint density at radius 2 is 2.07 bits per heavy atom. The summed E-state index contributed by atoms with van der Waals surface area (Å²) in [7, 11) is 0. The van der Waals surface area contributed by atoms with Crippen LogP contribution >= 0.6 is 11.6 Å². The molecule has 28 heavy (non-hydrogen) atoms. The monoisotopic (exact) mass is 414 g/mol. The minimum Gasteiger partial charge on any atom is -0.461 e. The molecular formula is C18H21ClF2N4O3. The fraction of sp³-hybridized carbons (Fsp3) is 0.500. The molecule has 152 valence electrons. The first kappa shape index (κ1) is 20.6. The Kier molecular flexibility index (Phi) is 6.58. The van der Waals surface area contributed by atoms with Gasteiger partial charge in [-0.15, -0.1) is 11.6 Å². The minimum absolute atomic E-state index is 0.0138. The van der Waals surface area contributed by atoms with Crippen LogP contribution in [-0.4, -0.2) is 62.4 Å². The van der Waals surface area contributed by atoms with Gasteiger partial charge in [-0.05, 0) is 18.9 Å². The summed E-state index contributed by atoms with van der Waals surface area (Å²) in [6.45, 7) is 1.15. The molecule has 1 aliphatic heterocycles. The second-order valence-electron chi connectivity index (χ2n) is 6.85. The number of carbonyl (C=O) groups excluding carboxylic acids is 1. The highest BCUT2D eigenvalue weighted by atomic mass is 35.5. The van der Waals surface area contributed by atoms with Gasteiger partial charge in [0.25, 0.3) is 0 Å². The van der Waals surface area contributed by atoms with Crippen molar-refractivity contribution in [2.75, 3.05) is 25.5 Å². The molecule has 1 N–H and O–H groups in total. The lowest BCUT2D eigenvalue weighted by Gasteiger charge is -2.38. The van der Waals surface area contributed by atoms with Crippen molar-refractivity contribution in [1.82, 2.24) is 19.7 Å². The fourth-order valence-electron chi connectivity index (χ4n) is 3.44. The summed E-state index contributed by atoms with van der Waals surface area (Å²) in [4.78, 5) is 17.1. The van der Waals surface area contributed by atoms with E-state index in [0.29, 0.717) is 25.9 Å². The van der Waals surface area contributed by atoms with E-state index in [9.17, 15) is 18.7 Å². The van der Waals surface area contributed by atoms with E-state index in [1.54, 1.807) is 0 Å². The number of aliphatic hydroxyl groups is 1. The van der Waals surface area contributed by atoms with Crippen LogP contribution in [0.3, 0.4) is 0 Å². The van der Waals surface area contributed by atoms with Gasteiger partial charge in [0.2, 0.25) is 0 Å². The van der Waals surface area contributed by atoms with Gasteiger partial charge in [-0.1, -0.05) is 6.07 Å². The van der Waals surface area contributed by atoms with Crippen molar-refractivity contribution in [3.8, 4) is 0 Å². The first-order valence-electron chi connectivity index (χ1n) is 8.88. The van der Waals surface area contributed by atoms with Crippen molar-refractivity contribution in [1.29, 1.82) is 0 Å². The van der Waals surface area contributed by atoms with E-state index in [1.165, 1.54) is 23.4 Å². The molecule has 7 nitrogen and oxygen atoms in total. The number of likely N-dealkylation sites (tertiary alicyclic amines) is 1. The van der Waals surface area contributed by atoms with Crippen molar-refractivity contribution >= 4 is 17.6 Å². The van der Waals surface area contributed by atoms with Crippen molar-refractivity contribution in [3.63, 3.8) is 0 Å². The standard InChI is InChI=1S/C18H21ClF2N4O3/c19-8-17(26)28-14-3-5-24(6-4-14)9-18(27,10-25-12-22-11-23-25)15-2-1-13(20)7-16(15)21/h1-2,7,11-12,14,27H,3-6,8-10H2. The molecule has 0 amide bonds. The lowest BCUT2D eigenvalue weighted by Crippen LogP contribution is -2.48. The van der Waals surface area contributed by atoms with Crippen molar-refractivity contribution in [2.45, 2.75) is 31.1 Å². The summed E-state index contributed by atoms with van der Waals surface area (Å²) >= 11 is 5.45. The van der Waals surface area contributed by atoms with Crippen LogP contribution in [0.15, 0.2) is 30.9 Å². The van der Waals surface area contributed by atoms with Gasteiger partial charge < -0.3 is 9.84 Å². The number of carbonyl (C=O) groups is 1. The minimum atomic E-state index is -1.65. The van der Waals surface area contributed by atoms with E-state index in [2.05, 4.69) is 10.1 Å². The maximum absolute atomic E-state index is 14.4. The van der Waals surface area contributed by atoms with Gasteiger partial charge in [0.05, 0.1) is 6.54 Å². The van der Waals surface area contributed by atoms with Gasteiger partial charge >= 0.3 is 5.97 Å². The number of β-amino-alcohol motifs (C(OH)–C–C–N with tert-alkyl or cyclic N) is 1. The van der Waals surface area contributed by atoms with Gasteiger partial charge in [-0.25, -0.2) is 18.4 Å². The van der Waals surface area contributed by atoms with Gasteiger partial charge in [0.15, 0.2) is 0 Å². The maximum atomic E-state index is 14.4. The number of nitrogens with zero attached hydrogens (tertiary/aromatic N) is 4. The summed E-state index contributed by atoms with van der Waals surface area (Å²) in [6, 6.07) is 3.11. The Hall–Kier alpha value is -2.10. The van der Waals surface area contributed by atoms with E-state index < -0.39 is 23.2 Å². The number of hydrogen-bond acceptors (Lipinski definition) is 6. The number of aromatic nitrogens is 3. The molecule has 1 aromatic heterocycles. The number of hydrogen-bond donors (Lipinski definition) is 1. The van der Waals surface area contributed by atoms with Crippen LogP contribution in [0.5, 0.6) is 0 Å². The van der Waals surface area contributed by atoms with Crippen LogP contribution in [0.1, 0.15) is 18.4 Å². The van der Waals surface area contributed by atoms with E-state index >= 15 is 0 Å². The third kappa shape index (κ3) is 5.03. The topological polar surface area (TPSA) is 80.5 Å². The zero-order valence-electron chi connectivity index (χ0n) is 15.1. The lowest BCUT2D eigenvalue weighted by molar-refractivity contribution is -0.148. The van der Waals surface area contributed by atoms with E-state index in [1.807, 2.05) is 4.90 Å². The van der Waals surface area contributed by atoms with Crippen LogP contribution in [-0.2, 0) is 21.7 Å². The molecule has 1 fully saturated rings. The molecule has 1 aromatic carbocycles. The first-order valence-corrected chi connectivity index (χ1v) is 9.41. The number of rotatable bonds is 7. The maximum Gasteiger partial charge on any atom is 0.321 e. The average molecular weight is 415 g/mol. The summed E-state index contributed by atoms with van der Waals surface area (Å²) in [6.07, 6.45) is 3.66. The molecule has 0 bridgehead atoms. The first-order chi connectivity index (χ1) is 13.4. The number of esters is 1. The molecule has 0 radical (unpaired) electrons. The second-order valence-corrected chi connectivity index (χ2v) is 7.12. The predicted molar refractivity (Wildman–Crippen MR) is 96.6 cm³/mol. The van der Waals surface area contributed by atoms with Crippen LogP contribution in [0.2, 0.25) is 0 Å². The predicted octanol–water partition coefficient (Wildman–Crippen LogP) is 1.69. The highest BCUT2D eigenvalue weighted by Gasteiger charge is 2.37. The molecule has 10 heteroatoms.